The highest BCUT2D eigenvalue weighted by atomic mass is 32.2. The highest BCUT2D eigenvalue weighted by molar-refractivity contribution is 7.92. The molecule has 3 aromatic carbocycles. The van der Waals surface area contributed by atoms with Crippen molar-refractivity contribution in [3.63, 3.8) is 0 Å². The Morgan fingerprint density at radius 2 is 1.48 bits per heavy atom. The van der Waals surface area contributed by atoms with Gasteiger partial charge in [0.2, 0.25) is 11.8 Å². The van der Waals surface area contributed by atoms with Gasteiger partial charge in [-0.1, -0.05) is 61.0 Å². The van der Waals surface area contributed by atoms with Crippen LogP contribution in [0.3, 0.4) is 0 Å². The van der Waals surface area contributed by atoms with Crippen molar-refractivity contribution in [1.29, 1.82) is 0 Å². The Kier molecular flexibility index (Phi) is 10.1. The zero-order valence-corrected chi connectivity index (χ0v) is 25.4. The van der Waals surface area contributed by atoms with Crippen molar-refractivity contribution in [2.24, 2.45) is 0 Å². The van der Waals surface area contributed by atoms with E-state index >= 15 is 0 Å². The maximum absolute atomic E-state index is 14.1. The van der Waals surface area contributed by atoms with Gasteiger partial charge in [-0.3, -0.25) is 13.9 Å². The molecule has 1 N–H and O–H groups in total. The summed E-state index contributed by atoms with van der Waals surface area (Å²) in [5, 5.41) is 2.96. The molecule has 3 aromatic rings. The van der Waals surface area contributed by atoms with Crippen LogP contribution in [0.5, 0.6) is 0 Å². The average Bonchev–Trinajstić information content (AvgIpc) is 2.92. The summed E-state index contributed by atoms with van der Waals surface area (Å²) in [6.07, 6.45) is 0.749. The molecule has 2 unspecified atom stereocenters. The normalized spacial score (nSPS) is 12.9. The Balaban J connectivity index is 2.08. The van der Waals surface area contributed by atoms with Crippen molar-refractivity contribution < 1.29 is 18.0 Å². The molecule has 40 heavy (non-hydrogen) atoms. The SMILES string of the molecule is CCC(C)NC(=O)C(C)N(Cc1ccccc1C)C(=O)CN(c1cc(C)ccc1C)S(=O)(=O)c1ccc(C)cc1. The summed E-state index contributed by atoms with van der Waals surface area (Å²) in [5.41, 5.74) is 4.82. The molecule has 7 nitrogen and oxygen atoms in total. The third kappa shape index (κ3) is 7.30. The molecule has 0 aliphatic carbocycles. The predicted molar refractivity (Wildman–Crippen MR) is 161 cm³/mol. The molecule has 2 amide bonds. The number of nitrogens with one attached hydrogen (secondary N) is 1. The van der Waals surface area contributed by atoms with E-state index < -0.39 is 28.5 Å². The van der Waals surface area contributed by atoms with Crippen LogP contribution in [-0.4, -0.2) is 43.8 Å². The standard InChI is InChI=1S/C32H41N3O4S/c1-8-26(6)33-32(37)27(7)34(20-28-12-10-9-11-24(28)4)31(36)21-35(30-19-23(3)13-16-25(30)5)40(38,39)29-17-14-22(2)15-18-29/h9-19,26-27H,8,20-21H2,1-7H3,(H,33,37). The summed E-state index contributed by atoms with van der Waals surface area (Å²) >= 11 is 0. The van der Waals surface area contributed by atoms with Crippen LogP contribution >= 0.6 is 0 Å². The van der Waals surface area contributed by atoms with E-state index in [4.69, 9.17) is 0 Å². The molecular formula is C32H41N3O4S. The first-order chi connectivity index (χ1) is 18.8. The fourth-order valence-electron chi connectivity index (χ4n) is 4.36. The molecule has 0 aromatic heterocycles. The third-order valence-electron chi connectivity index (χ3n) is 7.29. The van der Waals surface area contributed by atoms with Gasteiger partial charge >= 0.3 is 0 Å². The van der Waals surface area contributed by atoms with Gasteiger partial charge in [0.15, 0.2) is 0 Å². The minimum atomic E-state index is -4.10. The second-order valence-electron chi connectivity index (χ2n) is 10.6. The maximum Gasteiger partial charge on any atom is 0.264 e. The number of hydrogen-bond donors (Lipinski definition) is 1. The van der Waals surface area contributed by atoms with Crippen LogP contribution in [0.4, 0.5) is 5.69 Å². The van der Waals surface area contributed by atoms with Crippen LogP contribution in [0.2, 0.25) is 0 Å². The lowest BCUT2D eigenvalue weighted by molar-refractivity contribution is -0.139. The minimum absolute atomic E-state index is 0.0567. The van der Waals surface area contributed by atoms with Gasteiger partial charge in [-0.05, 0) is 88.4 Å². The van der Waals surface area contributed by atoms with Gasteiger partial charge in [0.05, 0.1) is 10.6 Å². The summed E-state index contributed by atoms with van der Waals surface area (Å²) in [6, 6.07) is 18.9. The summed E-state index contributed by atoms with van der Waals surface area (Å²) in [5.74, 6) is -0.748. The number of carbonyl (C=O) groups excluding carboxylic acids is 2. The maximum atomic E-state index is 14.1. The van der Waals surface area contributed by atoms with E-state index in [0.717, 1.165) is 34.2 Å². The molecule has 0 fully saturated rings. The summed E-state index contributed by atoms with van der Waals surface area (Å²) in [6.45, 7) is 12.8. The molecule has 0 spiro atoms. The van der Waals surface area contributed by atoms with Crippen LogP contribution in [-0.2, 0) is 26.2 Å². The van der Waals surface area contributed by atoms with Crippen molar-refractivity contribution in [2.75, 3.05) is 10.8 Å². The first-order valence-electron chi connectivity index (χ1n) is 13.7. The number of nitrogens with zero attached hydrogens (tertiary/aromatic N) is 2. The van der Waals surface area contributed by atoms with E-state index in [2.05, 4.69) is 5.32 Å². The Bertz CT molecular complexity index is 1450. The molecule has 0 heterocycles. The van der Waals surface area contributed by atoms with Gasteiger partial charge < -0.3 is 10.2 Å². The lowest BCUT2D eigenvalue weighted by Gasteiger charge is -2.33. The largest absolute Gasteiger partial charge is 0.352 e. The van der Waals surface area contributed by atoms with Gasteiger partial charge in [-0.2, -0.15) is 0 Å². The van der Waals surface area contributed by atoms with E-state index in [-0.39, 0.29) is 23.4 Å². The average molecular weight is 564 g/mol. The van der Waals surface area contributed by atoms with E-state index in [1.807, 2.05) is 77.9 Å². The van der Waals surface area contributed by atoms with Gasteiger partial charge in [0.25, 0.3) is 10.0 Å². The number of benzene rings is 3. The zero-order valence-electron chi connectivity index (χ0n) is 24.6. The van der Waals surface area contributed by atoms with Crippen LogP contribution in [0.15, 0.2) is 71.6 Å². The molecule has 0 radical (unpaired) electrons. The lowest BCUT2D eigenvalue weighted by Crippen LogP contribution is -2.52. The Labute approximate surface area is 239 Å². The van der Waals surface area contributed by atoms with Gasteiger partial charge in [-0.15, -0.1) is 0 Å². The van der Waals surface area contributed by atoms with E-state index in [9.17, 15) is 18.0 Å². The Hall–Kier alpha value is -3.65. The van der Waals surface area contributed by atoms with Crippen LogP contribution in [0.1, 0.15) is 55.0 Å². The molecule has 0 saturated heterocycles. The van der Waals surface area contributed by atoms with E-state index in [1.165, 1.54) is 9.21 Å². The number of anilines is 1. The summed E-state index contributed by atoms with van der Waals surface area (Å²) in [7, 11) is -4.10. The Morgan fingerprint density at radius 3 is 2.10 bits per heavy atom. The van der Waals surface area contributed by atoms with Crippen molar-refractivity contribution in [2.45, 2.75) is 78.4 Å². The van der Waals surface area contributed by atoms with Crippen LogP contribution in [0.25, 0.3) is 0 Å². The van der Waals surface area contributed by atoms with Gasteiger partial charge in [0.1, 0.15) is 12.6 Å². The number of sulfonamides is 1. The van der Waals surface area contributed by atoms with Gasteiger partial charge in [0, 0.05) is 12.6 Å². The molecule has 0 aliphatic rings. The molecule has 214 valence electrons. The molecule has 8 heteroatoms. The number of rotatable bonds is 11. The quantitative estimate of drug-likeness (QED) is 0.336. The van der Waals surface area contributed by atoms with Crippen molar-refractivity contribution in [1.82, 2.24) is 10.2 Å². The van der Waals surface area contributed by atoms with Gasteiger partial charge in [-0.25, -0.2) is 8.42 Å². The highest BCUT2D eigenvalue weighted by Gasteiger charge is 2.33. The zero-order chi connectivity index (χ0) is 29.6. The highest BCUT2D eigenvalue weighted by Crippen LogP contribution is 2.29. The summed E-state index contributed by atoms with van der Waals surface area (Å²) in [4.78, 5) is 28.9. The molecule has 3 rings (SSSR count). The van der Waals surface area contributed by atoms with Crippen molar-refractivity contribution >= 4 is 27.5 Å². The van der Waals surface area contributed by atoms with E-state index in [1.54, 1.807) is 37.3 Å². The predicted octanol–water partition coefficient (Wildman–Crippen LogP) is 5.45. The first kappa shape index (κ1) is 30.9. The third-order valence-corrected chi connectivity index (χ3v) is 9.07. The molecule has 0 saturated carbocycles. The number of hydrogen-bond acceptors (Lipinski definition) is 4. The van der Waals surface area contributed by atoms with Crippen molar-refractivity contribution in [3.8, 4) is 0 Å². The smallest absolute Gasteiger partial charge is 0.264 e. The van der Waals surface area contributed by atoms with Crippen molar-refractivity contribution in [3.05, 3.63) is 94.5 Å². The number of carbonyl (C=O) groups is 2. The van der Waals surface area contributed by atoms with Crippen LogP contribution in [0, 0.1) is 27.7 Å². The fraction of sp³-hybridized carbons (Fsp3) is 0.375. The minimum Gasteiger partial charge on any atom is -0.352 e. The van der Waals surface area contributed by atoms with E-state index in [0.29, 0.717) is 5.69 Å². The molecule has 0 bridgehead atoms. The molecular weight excluding hydrogens is 522 g/mol. The molecule has 0 aliphatic heterocycles. The summed E-state index contributed by atoms with van der Waals surface area (Å²) < 4.78 is 29.3. The fourth-order valence-corrected chi connectivity index (χ4v) is 5.83. The molecule has 2 atom stereocenters. The number of amides is 2. The second-order valence-corrected chi connectivity index (χ2v) is 12.4. The lowest BCUT2D eigenvalue weighted by atomic mass is 10.1. The monoisotopic (exact) mass is 563 g/mol. The number of aryl methyl sites for hydroxylation is 4. The Morgan fingerprint density at radius 1 is 0.850 bits per heavy atom. The van der Waals surface area contributed by atoms with Crippen LogP contribution < -0.4 is 9.62 Å². The second kappa shape index (κ2) is 13.1. The first-order valence-corrected chi connectivity index (χ1v) is 15.1. The topological polar surface area (TPSA) is 86.8 Å².